The highest BCUT2D eigenvalue weighted by molar-refractivity contribution is 7.18. The fourth-order valence-corrected chi connectivity index (χ4v) is 3.36. The van der Waals surface area contributed by atoms with Gasteiger partial charge in [0.25, 0.3) is 0 Å². The van der Waals surface area contributed by atoms with E-state index in [1.807, 2.05) is 48.5 Å². The van der Waals surface area contributed by atoms with E-state index in [1.54, 1.807) is 0 Å². The summed E-state index contributed by atoms with van der Waals surface area (Å²) in [4.78, 5) is 28.4. The summed E-state index contributed by atoms with van der Waals surface area (Å²) < 4.78 is 1.01. The molecular weight excluding hydrogens is 324 g/mol. The Kier molecular flexibility index (Phi) is 4.57. The van der Waals surface area contributed by atoms with Gasteiger partial charge in [0.1, 0.15) is 11.6 Å². The molecular formula is C18H16N2O3S. The summed E-state index contributed by atoms with van der Waals surface area (Å²) in [7, 11) is 1.48. The van der Waals surface area contributed by atoms with E-state index in [0.29, 0.717) is 5.01 Å². The summed E-state index contributed by atoms with van der Waals surface area (Å²) in [6, 6.07) is 16.1. The van der Waals surface area contributed by atoms with Crippen LogP contribution in [0.25, 0.3) is 21.3 Å². The maximum absolute atomic E-state index is 12.0. The lowest BCUT2D eigenvalue weighted by Gasteiger charge is -2.13. The van der Waals surface area contributed by atoms with E-state index >= 15 is 0 Å². The third-order valence-electron chi connectivity index (χ3n) is 3.64. The minimum atomic E-state index is -1.03. The number of likely N-dealkylation sites (N-methyl/N-ethyl adjacent to an activating group) is 1. The maximum Gasteiger partial charge on any atom is 0.323 e. The minimum Gasteiger partial charge on any atom is -0.480 e. The Morgan fingerprint density at radius 2 is 1.88 bits per heavy atom. The zero-order chi connectivity index (χ0) is 17.1. The number of carboxylic acids is 1. The summed E-state index contributed by atoms with van der Waals surface area (Å²) in [5.41, 5.74) is 3.05. The van der Waals surface area contributed by atoms with Crippen LogP contribution in [0.15, 0.2) is 48.5 Å². The highest BCUT2D eigenvalue weighted by atomic mass is 32.1. The maximum atomic E-state index is 12.0. The van der Waals surface area contributed by atoms with Gasteiger partial charge in [0.15, 0.2) is 0 Å². The highest BCUT2D eigenvalue weighted by Gasteiger charge is 2.15. The summed E-state index contributed by atoms with van der Waals surface area (Å²) in [5.74, 6) is -1.28. The molecule has 0 radical (unpaired) electrons. The first-order chi connectivity index (χ1) is 11.5. The number of aromatic nitrogens is 1. The number of carboxylic acid groups (broad SMARTS) is 1. The van der Waals surface area contributed by atoms with Crippen molar-refractivity contribution in [3.63, 3.8) is 0 Å². The van der Waals surface area contributed by atoms with Gasteiger partial charge < -0.3 is 10.0 Å². The zero-order valence-corrected chi connectivity index (χ0v) is 13.9. The third-order valence-corrected chi connectivity index (χ3v) is 4.68. The lowest BCUT2D eigenvalue weighted by Crippen LogP contribution is -2.33. The number of hydrogen-bond donors (Lipinski definition) is 1. The first-order valence-corrected chi connectivity index (χ1v) is 8.25. The number of carbonyl (C=O) groups is 2. The number of aliphatic carboxylic acids is 1. The molecule has 0 aliphatic rings. The Balaban J connectivity index is 1.81. The Labute approximate surface area is 143 Å². The molecule has 6 heteroatoms. The van der Waals surface area contributed by atoms with E-state index in [0.717, 1.165) is 21.3 Å². The van der Waals surface area contributed by atoms with Gasteiger partial charge >= 0.3 is 5.97 Å². The van der Waals surface area contributed by atoms with Gasteiger partial charge in [-0.25, -0.2) is 4.98 Å². The third kappa shape index (κ3) is 3.60. The number of carbonyl (C=O) groups excluding carboxylic acids is 1. The predicted octanol–water partition coefficient (Wildman–Crippen LogP) is 3.05. The molecule has 1 aromatic heterocycles. The standard InChI is InChI=1S/C18H16N2O3S/c1-20(11-18(22)23)17(21)10-16-19-14-9-13(7-8-15(14)24-16)12-5-3-2-4-6-12/h2-9H,10-11H2,1H3,(H,22,23). The first kappa shape index (κ1) is 16.1. The lowest BCUT2D eigenvalue weighted by atomic mass is 10.1. The van der Waals surface area contributed by atoms with E-state index in [4.69, 9.17) is 5.11 Å². The van der Waals surface area contributed by atoms with Gasteiger partial charge in [-0.05, 0) is 23.3 Å². The molecule has 0 saturated carbocycles. The quantitative estimate of drug-likeness (QED) is 0.775. The van der Waals surface area contributed by atoms with Gasteiger partial charge in [0, 0.05) is 7.05 Å². The number of nitrogens with zero attached hydrogens (tertiary/aromatic N) is 2. The van der Waals surface area contributed by atoms with Gasteiger partial charge in [-0.3, -0.25) is 9.59 Å². The molecule has 1 heterocycles. The zero-order valence-electron chi connectivity index (χ0n) is 13.1. The number of amides is 1. The fourth-order valence-electron chi connectivity index (χ4n) is 2.42. The molecule has 0 bridgehead atoms. The number of benzene rings is 2. The molecule has 1 N–H and O–H groups in total. The Bertz CT molecular complexity index is 890. The summed E-state index contributed by atoms with van der Waals surface area (Å²) in [6.45, 7) is -0.304. The molecule has 3 rings (SSSR count). The van der Waals surface area contributed by atoms with Crippen LogP contribution in [-0.2, 0) is 16.0 Å². The second-order valence-electron chi connectivity index (χ2n) is 5.48. The molecule has 1 amide bonds. The topological polar surface area (TPSA) is 70.5 Å². The SMILES string of the molecule is CN(CC(=O)O)C(=O)Cc1nc2cc(-c3ccccc3)ccc2s1. The van der Waals surface area contributed by atoms with E-state index in [-0.39, 0.29) is 18.9 Å². The number of thiazole rings is 1. The van der Waals surface area contributed by atoms with Crippen molar-refractivity contribution < 1.29 is 14.7 Å². The van der Waals surface area contributed by atoms with Crippen molar-refractivity contribution in [3.05, 3.63) is 53.5 Å². The molecule has 0 fully saturated rings. The lowest BCUT2D eigenvalue weighted by molar-refractivity contribution is -0.143. The van der Waals surface area contributed by atoms with Crippen molar-refractivity contribution in [2.75, 3.05) is 13.6 Å². The van der Waals surface area contributed by atoms with Gasteiger partial charge in [0.2, 0.25) is 5.91 Å². The monoisotopic (exact) mass is 340 g/mol. The van der Waals surface area contributed by atoms with Crippen LogP contribution in [-0.4, -0.2) is 40.5 Å². The largest absolute Gasteiger partial charge is 0.480 e. The van der Waals surface area contributed by atoms with Gasteiger partial charge in [-0.2, -0.15) is 0 Å². The minimum absolute atomic E-state index is 0.115. The van der Waals surface area contributed by atoms with Crippen LogP contribution >= 0.6 is 11.3 Å². The van der Waals surface area contributed by atoms with Crippen molar-refractivity contribution in [3.8, 4) is 11.1 Å². The van der Waals surface area contributed by atoms with Crippen LogP contribution in [0, 0.1) is 0 Å². The summed E-state index contributed by atoms with van der Waals surface area (Å²) in [6.07, 6.45) is 0.115. The van der Waals surface area contributed by atoms with Gasteiger partial charge in [-0.1, -0.05) is 36.4 Å². The summed E-state index contributed by atoms with van der Waals surface area (Å²) >= 11 is 1.46. The Morgan fingerprint density at radius 1 is 1.12 bits per heavy atom. The van der Waals surface area contributed by atoms with Crippen LogP contribution in [0.1, 0.15) is 5.01 Å². The predicted molar refractivity (Wildman–Crippen MR) is 94.0 cm³/mol. The fraction of sp³-hybridized carbons (Fsp3) is 0.167. The molecule has 0 aliphatic heterocycles. The number of rotatable bonds is 5. The Morgan fingerprint density at radius 3 is 2.58 bits per heavy atom. The molecule has 3 aromatic rings. The van der Waals surface area contributed by atoms with E-state index in [9.17, 15) is 9.59 Å². The highest BCUT2D eigenvalue weighted by Crippen LogP contribution is 2.28. The van der Waals surface area contributed by atoms with Crippen molar-refractivity contribution in [1.29, 1.82) is 0 Å². The van der Waals surface area contributed by atoms with Crippen LogP contribution in [0.5, 0.6) is 0 Å². The molecule has 0 unspecified atom stereocenters. The van der Waals surface area contributed by atoms with E-state index in [1.165, 1.54) is 23.3 Å². The molecule has 122 valence electrons. The van der Waals surface area contributed by atoms with Gasteiger partial charge in [0.05, 0.1) is 16.6 Å². The van der Waals surface area contributed by atoms with Crippen LogP contribution in [0.4, 0.5) is 0 Å². The number of hydrogen-bond acceptors (Lipinski definition) is 4. The smallest absolute Gasteiger partial charge is 0.323 e. The van der Waals surface area contributed by atoms with Crippen LogP contribution < -0.4 is 0 Å². The van der Waals surface area contributed by atoms with Crippen molar-refractivity contribution in [2.45, 2.75) is 6.42 Å². The van der Waals surface area contributed by atoms with Crippen LogP contribution in [0.3, 0.4) is 0 Å². The van der Waals surface area contributed by atoms with Crippen molar-refractivity contribution >= 4 is 33.4 Å². The van der Waals surface area contributed by atoms with Crippen molar-refractivity contribution in [2.24, 2.45) is 0 Å². The second-order valence-corrected chi connectivity index (χ2v) is 6.59. The molecule has 5 nitrogen and oxygen atoms in total. The molecule has 0 saturated heterocycles. The molecule has 2 aromatic carbocycles. The molecule has 0 spiro atoms. The van der Waals surface area contributed by atoms with Gasteiger partial charge in [-0.15, -0.1) is 11.3 Å². The molecule has 0 atom stereocenters. The molecule has 24 heavy (non-hydrogen) atoms. The van der Waals surface area contributed by atoms with E-state index < -0.39 is 5.97 Å². The van der Waals surface area contributed by atoms with Crippen molar-refractivity contribution in [1.82, 2.24) is 9.88 Å². The molecule has 0 aliphatic carbocycles. The van der Waals surface area contributed by atoms with E-state index in [2.05, 4.69) is 4.98 Å². The van der Waals surface area contributed by atoms with Crippen LogP contribution in [0.2, 0.25) is 0 Å². The average Bonchev–Trinajstić information content (AvgIpc) is 2.96. The first-order valence-electron chi connectivity index (χ1n) is 7.43. The average molecular weight is 340 g/mol. The number of fused-ring (bicyclic) bond motifs is 1. The summed E-state index contributed by atoms with van der Waals surface area (Å²) in [5, 5.41) is 9.44. The second kappa shape index (κ2) is 6.80. The Hall–Kier alpha value is -2.73. The normalized spacial score (nSPS) is 10.7.